The van der Waals surface area contributed by atoms with Gasteiger partial charge in [-0.1, -0.05) is 6.07 Å². The Morgan fingerprint density at radius 3 is 2.74 bits per heavy atom. The highest BCUT2D eigenvalue weighted by molar-refractivity contribution is 5.23. The summed E-state index contributed by atoms with van der Waals surface area (Å²) in [6.45, 7) is 2.24. The molecule has 0 aliphatic heterocycles. The first-order valence-electron chi connectivity index (χ1n) is 5.81. The maximum Gasteiger partial charge on any atom is 0.331 e. The molecular weight excluding hydrogens is 244 g/mol. The van der Waals surface area contributed by atoms with Crippen LogP contribution in [0.1, 0.15) is 18.2 Å². The number of nitrogens with zero attached hydrogens (tertiary/aromatic N) is 4. The first-order valence-corrected chi connectivity index (χ1v) is 5.81. The second-order valence-electron chi connectivity index (χ2n) is 3.94. The van der Waals surface area contributed by atoms with E-state index in [1.807, 2.05) is 6.07 Å². The van der Waals surface area contributed by atoms with Crippen molar-refractivity contribution in [2.24, 2.45) is 0 Å². The fraction of sp³-hybridized carbons (Fsp3) is 0.231. The van der Waals surface area contributed by atoms with Crippen LogP contribution in [0, 0.1) is 11.3 Å². The summed E-state index contributed by atoms with van der Waals surface area (Å²) >= 11 is 0. The van der Waals surface area contributed by atoms with Crippen LogP contribution in [0.15, 0.2) is 40.2 Å². The molecule has 0 bridgehead atoms. The van der Waals surface area contributed by atoms with E-state index in [-0.39, 0.29) is 12.1 Å². The lowest BCUT2D eigenvalue weighted by atomic mass is 10.3. The van der Waals surface area contributed by atoms with Gasteiger partial charge in [-0.2, -0.15) is 5.26 Å². The highest BCUT2D eigenvalue weighted by Gasteiger charge is 2.11. The molecule has 2 rings (SSSR count). The van der Waals surface area contributed by atoms with E-state index in [2.05, 4.69) is 4.98 Å². The van der Waals surface area contributed by atoms with Crippen molar-refractivity contribution < 1.29 is 0 Å². The monoisotopic (exact) mass is 256 g/mol. The van der Waals surface area contributed by atoms with E-state index in [0.717, 1.165) is 4.57 Å². The van der Waals surface area contributed by atoms with Gasteiger partial charge in [-0.3, -0.25) is 18.9 Å². The smallest absolute Gasteiger partial charge is 0.299 e. The van der Waals surface area contributed by atoms with E-state index in [9.17, 15) is 9.59 Å². The van der Waals surface area contributed by atoms with Crippen molar-refractivity contribution in [3.8, 4) is 6.07 Å². The topological polar surface area (TPSA) is 80.7 Å². The predicted octanol–water partition coefficient (Wildman–Crippen LogP) is 0.345. The zero-order valence-corrected chi connectivity index (χ0v) is 10.4. The number of aryl methyl sites for hydroxylation is 1. The minimum absolute atomic E-state index is 0.0441. The fourth-order valence-corrected chi connectivity index (χ4v) is 1.75. The van der Waals surface area contributed by atoms with Gasteiger partial charge >= 0.3 is 5.69 Å². The van der Waals surface area contributed by atoms with E-state index in [0.29, 0.717) is 12.2 Å². The summed E-state index contributed by atoms with van der Waals surface area (Å²) in [7, 11) is 0. The van der Waals surface area contributed by atoms with Crippen molar-refractivity contribution in [3.63, 3.8) is 0 Å². The molecule has 0 atom stereocenters. The minimum Gasteiger partial charge on any atom is -0.299 e. The molecule has 2 heterocycles. The number of hydrogen-bond acceptors (Lipinski definition) is 4. The van der Waals surface area contributed by atoms with Gasteiger partial charge < -0.3 is 0 Å². The average molecular weight is 256 g/mol. The van der Waals surface area contributed by atoms with Gasteiger partial charge in [0.1, 0.15) is 11.6 Å². The van der Waals surface area contributed by atoms with E-state index < -0.39 is 11.2 Å². The van der Waals surface area contributed by atoms with Crippen LogP contribution in [0.2, 0.25) is 0 Å². The fourth-order valence-electron chi connectivity index (χ4n) is 1.75. The van der Waals surface area contributed by atoms with Crippen LogP contribution in [0.4, 0.5) is 0 Å². The molecule has 0 radical (unpaired) electrons. The third-order valence-corrected chi connectivity index (χ3v) is 2.74. The van der Waals surface area contributed by atoms with E-state index in [1.54, 1.807) is 31.3 Å². The third-order valence-electron chi connectivity index (χ3n) is 2.74. The summed E-state index contributed by atoms with van der Waals surface area (Å²) < 4.78 is 2.37. The molecular formula is C13H12N4O2. The zero-order valence-electron chi connectivity index (χ0n) is 10.4. The predicted molar refractivity (Wildman–Crippen MR) is 68.7 cm³/mol. The Hall–Kier alpha value is -2.68. The molecule has 0 spiro atoms. The Labute approximate surface area is 109 Å². The molecule has 0 N–H and O–H groups in total. The highest BCUT2D eigenvalue weighted by Crippen LogP contribution is 1.95. The molecule has 6 heteroatoms. The van der Waals surface area contributed by atoms with Gasteiger partial charge in [0.15, 0.2) is 0 Å². The van der Waals surface area contributed by atoms with Crippen molar-refractivity contribution in [2.75, 3.05) is 0 Å². The lowest BCUT2D eigenvalue weighted by molar-refractivity contribution is 0.592. The van der Waals surface area contributed by atoms with Crippen LogP contribution < -0.4 is 11.2 Å². The maximum atomic E-state index is 12.1. The minimum atomic E-state index is -0.581. The molecule has 0 saturated carbocycles. The number of nitriles is 1. The second-order valence-corrected chi connectivity index (χ2v) is 3.94. The molecule has 96 valence electrons. The van der Waals surface area contributed by atoms with Crippen LogP contribution >= 0.6 is 0 Å². The summed E-state index contributed by atoms with van der Waals surface area (Å²) in [6, 6.07) is 7.06. The Morgan fingerprint density at radius 2 is 2.16 bits per heavy atom. The lowest BCUT2D eigenvalue weighted by Crippen LogP contribution is -2.41. The van der Waals surface area contributed by atoms with Crippen LogP contribution in [-0.4, -0.2) is 14.1 Å². The van der Waals surface area contributed by atoms with Crippen LogP contribution in [0.5, 0.6) is 0 Å². The first-order chi connectivity index (χ1) is 9.17. The van der Waals surface area contributed by atoms with E-state index in [4.69, 9.17) is 5.26 Å². The maximum absolute atomic E-state index is 12.1. The molecule has 0 amide bonds. The third kappa shape index (κ3) is 2.45. The summed E-state index contributed by atoms with van der Waals surface area (Å²) in [5.41, 5.74) is -0.461. The van der Waals surface area contributed by atoms with Crippen molar-refractivity contribution in [1.82, 2.24) is 14.1 Å². The van der Waals surface area contributed by atoms with Crippen molar-refractivity contribution in [2.45, 2.75) is 20.0 Å². The molecule has 2 aromatic heterocycles. The first kappa shape index (κ1) is 12.8. The highest BCUT2D eigenvalue weighted by atomic mass is 16.2. The molecule has 19 heavy (non-hydrogen) atoms. The summed E-state index contributed by atoms with van der Waals surface area (Å²) in [5, 5.41) is 8.93. The van der Waals surface area contributed by atoms with Crippen LogP contribution in [0.25, 0.3) is 0 Å². The Kier molecular flexibility index (Phi) is 3.57. The zero-order chi connectivity index (χ0) is 13.8. The van der Waals surface area contributed by atoms with Gasteiger partial charge in [0.25, 0.3) is 5.56 Å². The summed E-state index contributed by atoms with van der Waals surface area (Å²) in [4.78, 5) is 28.2. The molecule has 0 aliphatic carbocycles. The summed E-state index contributed by atoms with van der Waals surface area (Å²) in [6.07, 6.45) is 2.88. The van der Waals surface area contributed by atoms with Crippen LogP contribution in [0.3, 0.4) is 0 Å². The Bertz CT molecular complexity index is 738. The van der Waals surface area contributed by atoms with Gasteiger partial charge in [-0.15, -0.1) is 0 Å². The Balaban J connectivity index is 2.60. The van der Waals surface area contributed by atoms with Gasteiger partial charge in [0.2, 0.25) is 0 Å². The van der Waals surface area contributed by atoms with Gasteiger partial charge in [0.05, 0.1) is 12.2 Å². The molecule has 0 unspecified atom stereocenters. The number of rotatable bonds is 3. The molecule has 2 aromatic rings. The number of pyridine rings is 1. The number of aromatic nitrogens is 3. The average Bonchev–Trinajstić information content (AvgIpc) is 2.45. The molecule has 0 aromatic carbocycles. The standard InChI is InChI=1S/C13H12N4O2/c1-2-16-8-10(7-14)12(18)17(13(16)19)9-11-5-3-4-6-15-11/h3-6,8H,2,9H2,1H3. The van der Waals surface area contributed by atoms with E-state index in [1.165, 1.54) is 10.8 Å². The van der Waals surface area contributed by atoms with E-state index >= 15 is 0 Å². The van der Waals surface area contributed by atoms with Crippen LogP contribution in [-0.2, 0) is 13.1 Å². The van der Waals surface area contributed by atoms with Crippen molar-refractivity contribution in [3.05, 3.63) is 62.7 Å². The largest absolute Gasteiger partial charge is 0.331 e. The van der Waals surface area contributed by atoms with Gasteiger partial charge in [-0.25, -0.2) is 4.79 Å². The summed E-state index contributed by atoms with van der Waals surface area (Å²) in [5.74, 6) is 0. The van der Waals surface area contributed by atoms with Crippen molar-refractivity contribution >= 4 is 0 Å². The lowest BCUT2D eigenvalue weighted by Gasteiger charge is -2.08. The quantitative estimate of drug-likeness (QED) is 0.793. The van der Waals surface area contributed by atoms with Gasteiger partial charge in [-0.05, 0) is 19.1 Å². The Morgan fingerprint density at radius 1 is 1.37 bits per heavy atom. The van der Waals surface area contributed by atoms with Gasteiger partial charge in [0, 0.05) is 18.9 Å². The molecule has 0 aliphatic rings. The SMILES string of the molecule is CCn1cc(C#N)c(=O)n(Cc2ccccn2)c1=O. The molecule has 0 fully saturated rings. The normalized spacial score (nSPS) is 10.1. The second kappa shape index (κ2) is 5.31. The molecule has 6 nitrogen and oxygen atoms in total. The molecule has 0 saturated heterocycles. The number of hydrogen-bond donors (Lipinski definition) is 0. The van der Waals surface area contributed by atoms with Crippen molar-refractivity contribution in [1.29, 1.82) is 5.26 Å².